The van der Waals surface area contributed by atoms with Gasteiger partial charge in [0.05, 0.1) is 0 Å². The molecule has 0 aromatic carbocycles. The topological polar surface area (TPSA) is 26.3 Å². The minimum absolute atomic E-state index is 0.706. The van der Waals surface area contributed by atoms with Crippen LogP contribution in [0.25, 0.3) is 0 Å². The van der Waals surface area contributed by atoms with Crippen molar-refractivity contribution in [2.24, 2.45) is 0 Å². The molecule has 0 unspecified atom stereocenters. The lowest BCUT2D eigenvalue weighted by atomic mass is 10.1. The van der Waals surface area contributed by atoms with Gasteiger partial charge in [0.15, 0.2) is 0 Å². The molecule has 0 saturated carbocycles. The molecule has 102 valence electrons. The molecular weight excluding hydrogens is 212 g/mol. The monoisotopic (exact) mass is 242 g/mol. The van der Waals surface area contributed by atoms with Gasteiger partial charge in [0.1, 0.15) is 6.29 Å². The van der Waals surface area contributed by atoms with Gasteiger partial charge >= 0.3 is 0 Å². The van der Waals surface area contributed by atoms with Crippen molar-refractivity contribution in [2.75, 3.05) is 13.2 Å². The van der Waals surface area contributed by atoms with Crippen molar-refractivity contribution in [3.63, 3.8) is 0 Å². The Morgan fingerprint density at radius 1 is 0.765 bits per heavy atom. The first-order valence-corrected chi connectivity index (χ1v) is 7.43. The molecule has 0 aliphatic rings. The van der Waals surface area contributed by atoms with E-state index >= 15 is 0 Å². The molecule has 0 rings (SSSR count). The van der Waals surface area contributed by atoms with Crippen LogP contribution in [0.15, 0.2) is 0 Å². The Hall–Kier alpha value is -0.370. The summed E-state index contributed by atoms with van der Waals surface area (Å²) < 4.78 is 5.55. The highest BCUT2D eigenvalue weighted by molar-refractivity contribution is 5.48. The van der Waals surface area contributed by atoms with Crippen LogP contribution in [0.3, 0.4) is 0 Å². The fraction of sp³-hybridized carbons (Fsp3) is 0.933. The van der Waals surface area contributed by atoms with Gasteiger partial charge in [-0.15, -0.1) is 0 Å². The van der Waals surface area contributed by atoms with Crippen LogP contribution in [0.2, 0.25) is 0 Å². The van der Waals surface area contributed by atoms with Crippen molar-refractivity contribution in [3.8, 4) is 0 Å². The predicted octanol–water partition coefficient (Wildman–Crippen LogP) is 4.51. The summed E-state index contributed by atoms with van der Waals surface area (Å²) in [4.78, 5) is 10.1. The maximum Gasteiger partial charge on any atom is 0.119 e. The summed E-state index contributed by atoms with van der Waals surface area (Å²) in [5, 5.41) is 0. The molecular formula is C15H30O2. The van der Waals surface area contributed by atoms with Crippen LogP contribution in [-0.2, 0) is 9.53 Å². The normalized spacial score (nSPS) is 10.6. The third-order valence-corrected chi connectivity index (χ3v) is 3.00. The molecule has 0 aromatic rings. The van der Waals surface area contributed by atoms with E-state index in [0.717, 1.165) is 38.8 Å². The molecule has 2 nitrogen and oxygen atoms in total. The second-order valence-electron chi connectivity index (χ2n) is 4.75. The highest BCUT2D eigenvalue weighted by atomic mass is 16.5. The zero-order valence-corrected chi connectivity index (χ0v) is 11.6. The number of carbonyl (C=O) groups is 1. The average molecular weight is 242 g/mol. The van der Waals surface area contributed by atoms with E-state index < -0.39 is 0 Å². The quantitative estimate of drug-likeness (QED) is 0.331. The molecule has 0 saturated heterocycles. The standard InChI is InChI=1S/C15H30O2/c1-2-3-4-5-6-8-11-14-17-15-12-9-7-10-13-16/h13H,2-12,14-15H2,1H3. The molecule has 0 aliphatic heterocycles. The highest BCUT2D eigenvalue weighted by Gasteiger charge is 1.92. The minimum atomic E-state index is 0.706. The first kappa shape index (κ1) is 16.6. The Bertz CT molecular complexity index is 146. The van der Waals surface area contributed by atoms with E-state index in [9.17, 15) is 4.79 Å². The van der Waals surface area contributed by atoms with E-state index in [1.54, 1.807) is 0 Å². The number of carbonyl (C=O) groups excluding carboxylic acids is 1. The summed E-state index contributed by atoms with van der Waals surface area (Å²) >= 11 is 0. The molecule has 0 heterocycles. The highest BCUT2D eigenvalue weighted by Crippen LogP contribution is 2.07. The summed E-state index contributed by atoms with van der Waals surface area (Å²) in [7, 11) is 0. The summed E-state index contributed by atoms with van der Waals surface area (Å²) in [5.41, 5.74) is 0. The Kier molecular flexibility index (Phi) is 15.3. The van der Waals surface area contributed by atoms with Gasteiger partial charge in [0.25, 0.3) is 0 Å². The number of hydrogen-bond donors (Lipinski definition) is 0. The zero-order valence-electron chi connectivity index (χ0n) is 11.6. The van der Waals surface area contributed by atoms with Crippen molar-refractivity contribution in [2.45, 2.75) is 77.6 Å². The number of unbranched alkanes of at least 4 members (excludes halogenated alkanes) is 9. The molecule has 2 heteroatoms. The van der Waals surface area contributed by atoms with Crippen LogP contribution in [0, 0.1) is 0 Å². The van der Waals surface area contributed by atoms with E-state index in [1.807, 2.05) is 0 Å². The third-order valence-electron chi connectivity index (χ3n) is 3.00. The predicted molar refractivity (Wildman–Crippen MR) is 73.3 cm³/mol. The van der Waals surface area contributed by atoms with E-state index in [0.29, 0.717) is 6.42 Å². The van der Waals surface area contributed by atoms with Crippen LogP contribution >= 0.6 is 0 Å². The van der Waals surface area contributed by atoms with E-state index in [4.69, 9.17) is 4.74 Å². The molecule has 0 bridgehead atoms. The van der Waals surface area contributed by atoms with Gasteiger partial charge in [-0.2, -0.15) is 0 Å². The molecule has 0 aromatic heterocycles. The van der Waals surface area contributed by atoms with Gasteiger partial charge in [-0.3, -0.25) is 0 Å². The largest absolute Gasteiger partial charge is 0.381 e. The van der Waals surface area contributed by atoms with Gasteiger partial charge < -0.3 is 9.53 Å². The van der Waals surface area contributed by atoms with Crippen molar-refractivity contribution in [3.05, 3.63) is 0 Å². The van der Waals surface area contributed by atoms with E-state index in [2.05, 4.69) is 6.92 Å². The SMILES string of the molecule is CCCCCCCCCOCCCCCC=O. The Morgan fingerprint density at radius 2 is 1.29 bits per heavy atom. The Balaban J connectivity index is 2.87. The van der Waals surface area contributed by atoms with E-state index in [-0.39, 0.29) is 0 Å². The van der Waals surface area contributed by atoms with Gasteiger partial charge in [0, 0.05) is 19.6 Å². The van der Waals surface area contributed by atoms with E-state index in [1.165, 1.54) is 44.9 Å². The summed E-state index contributed by atoms with van der Waals surface area (Å²) in [6.45, 7) is 4.04. The molecule has 0 N–H and O–H groups in total. The maximum absolute atomic E-state index is 10.1. The first-order chi connectivity index (χ1) is 8.41. The van der Waals surface area contributed by atoms with Crippen molar-refractivity contribution in [1.29, 1.82) is 0 Å². The number of aldehydes is 1. The average Bonchev–Trinajstić information content (AvgIpc) is 2.35. The Labute approximate surface area is 107 Å². The summed E-state index contributed by atoms with van der Waals surface area (Å²) in [6, 6.07) is 0. The maximum atomic E-state index is 10.1. The molecule has 0 atom stereocenters. The smallest absolute Gasteiger partial charge is 0.119 e. The molecule has 0 radical (unpaired) electrons. The number of hydrogen-bond acceptors (Lipinski definition) is 2. The van der Waals surface area contributed by atoms with Gasteiger partial charge in [-0.1, -0.05) is 51.9 Å². The fourth-order valence-corrected chi connectivity index (χ4v) is 1.87. The van der Waals surface area contributed by atoms with Crippen molar-refractivity contribution in [1.82, 2.24) is 0 Å². The lowest BCUT2D eigenvalue weighted by Gasteiger charge is -2.04. The van der Waals surface area contributed by atoms with Crippen LogP contribution < -0.4 is 0 Å². The third kappa shape index (κ3) is 15.6. The van der Waals surface area contributed by atoms with Crippen molar-refractivity contribution < 1.29 is 9.53 Å². The molecule has 0 aliphatic carbocycles. The van der Waals surface area contributed by atoms with Gasteiger partial charge in [-0.25, -0.2) is 0 Å². The molecule has 0 amide bonds. The lowest BCUT2D eigenvalue weighted by Crippen LogP contribution is -1.97. The van der Waals surface area contributed by atoms with Crippen LogP contribution in [0.4, 0.5) is 0 Å². The molecule has 0 fully saturated rings. The number of rotatable bonds is 14. The van der Waals surface area contributed by atoms with Gasteiger partial charge in [0.2, 0.25) is 0 Å². The second kappa shape index (κ2) is 15.6. The lowest BCUT2D eigenvalue weighted by molar-refractivity contribution is -0.107. The minimum Gasteiger partial charge on any atom is -0.381 e. The second-order valence-corrected chi connectivity index (χ2v) is 4.75. The zero-order chi connectivity index (χ0) is 12.6. The van der Waals surface area contributed by atoms with Crippen LogP contribution in [0.1, 0.15) is 77.6 Å². The summed E-state index contributed by atoms with van der Waals surface area (Å²) in [6.07, 6.45) is 14.3. The van der Waals surface area contributed by atoms with Crippen LogP contribution in [-0.4, -0.2) is 19.5 Å². The van der Waals surface area contributed by atoms with Gasteiger partial charge in [-0.05, 0) is 19.3 Å². The molecule has 17 heavy (non-hydrogen) atoms. The molecule has 0 spiro atoms. The van der Waals surface area contributed by atoms with Crippen LogP contribution in [0.5, 0.6) is 0 Å². The van der Waals surface area contributed by atoms with Crippen molar-refractivity contribution >= 4 is 6.29 Å². The first-order valence-electron chi connectivity index (χ1n) is 7.43. The summed E-state index contributed by atoms with van der Waals surface area (Å²) in [5.74, 6) is 0. The number of ether oxygens (including phenoxy) is 1. The Morgan fingerprint density at radius 3 is 1.88 bits per heavy atom. The fourth-order valence-electron chi connectivity index (χ4n) is 1.87.